The molecular formula is C53H39NO. The molecule has 0 saturated heterocycles. The van der Waals surface area contributed by atoms with Crippen LogP contribution >= 0.6 is 0 Å². The summed E-state index contributed by atoms with van der Waals surface area (Å²) in [6.07, 6.45) is 0. The molecule has 0 bridgehead atoms. The van der Waals surface area contributed by atoms with Gasteiger partial charge in [-0.15, -0.1) is 0 Å². The van der Waals surface area contributed by atoms with E-state index < -0.39 is 0 Å². The van der Waals surface area contributed by atoms with Crippen molar-refractivity contribution >= 4 is 28.0 Å². The Kier molecular flexibility index (Phi) is 7.85. The number of nitrogens with zero attached hydrogens (tertiary/aromatic N) is 1. The molecule has 9 aromatic rings. The first kappa shape index (κ1) is 32.7. The fourth-order valence-corrected chi connectivity index (χ4v) is 8.44. The standard InChI is InChI=1S/C53H39NO/c1-53(2)49-33-28-43(35-48(49)52-51(53)47-18-9-10-19-50(47)55-52)41-22-20-40(21-23-41)42-16-11-17-46(34-42)54(44-29-24-38(25-30-44)36-12-5-3-6-13-36)45-31-26-39(27-32-45)37-14-7-4-8-15-37/h3-35H,1-2H3. The number of hydrogen-bond acceptors (Lipinski definition) is 2. The second kappa shape index (κ2) is 13.2. The molecule has 0 spiro atoms. The third-order valence-corrected chi connectivity index (χ3v) is 11.3. The molecular weight excluding hydrogens is 667 g/mol. The molecule has 262 valence electrons. The highest BCUT2D eigenvalue weighted by atomic mass is 16.3. The monoisotopic (exact) mass is 705 g/mol. The maximum absolute atomic E-state index is 6.48. The molecule has 10 rings (SSSR count). The highest BCUT2D eigenvalue weighted by Crippen LogP contribution is 2.53. The quantitative estimate of drug-likeness (QED) is 0.164. The summed E-state index contributed by atoms with van der Waals surface area (Å²) in [7, 11) is 0. The van der Waals surface area contributed by atoms with Crippen molar-refractivity contribution < 1.29 is 4.42 Å². The molecule has 0 atom stereocenters. The lowest BCUT2D eigenvalue weighted by molar-refractivity contribution is 0.619. The molecule has 55 heavy (non-hydrogen) atoms. The summed E-state index contributed by atoms with van der Waals surface area (Å²) in [4.78, 5) is 2.35. The molecule has 1 aliphatic rings. The molecule has 0 N–H and O–H groups in total. The van der Waals surface area contributed by atoms with Crippen LogP contribution in [-0.2, 0) is 5.41 Å². The van der Waals surface area contributed by atoms with Gasteiger partial charge < -0.3 is 9.32 Å². The average Bonchev–Trinajstić information content (AvgIpc) is 3.75. The van der Waals surface area contributed by atoms with Crippen molar-refractivity contribution in [2.45, 2.75) is 19.3 Å². The molecule has 8 aromatic carbocycles. The van der Waals surface area contributed by atoms with Gasteiger partial charge in [-0.1, -0.05) is 166 Å². The van der Waals surface area contributed by atoms with Crippen molar-refractivity contribution in [2.24, 2.45) is 0 Å². The molecule has 1 aliphatic carbocycles. The maximum Gasteiger partial charge on any atom is 0.139 e. The molecule has 0 saturated carbocycles. The normalized spacial score (nSPS) is 12.7. The van der Waals surface area contributed by atoms with Gasteiger partial charge in [0.05, 0.1) is 0 Å². The fourth-order valence-electron chi connectivity index (χ4n) is 8.44. The number of benzene rings is 8. The minimum atomic E-state index is -0.119. The van der Waals surface area contributed by atoms with Gasteiger partial charge in [-0.2, -0.15) is 0 Å². The predicted octanol–water partition coefficient (Wildman–Crippen LogP) is 14.9. The number of hydrogen-bond donors (Lipinski definition) is 0. The lowest BCUT2D eigenvalue weighted by Crippen LogP contribution is -2.14. The minimum Gasteiger partial charge on any atom is -0.456 e. The zero-order valence-electron chi connectivity index (χ0n) is 30.9. The van der Waals surface area contributed by atoms with E-state index in [1.54, 1.807) is 0 Å². The summed E-state index contributed by atoms with van der Waals surface area (Å²) in [5.41, 5.74) is 17.5. The van der Waals surface area contributed by atoms with E-state index in [4.69, 9.17) is 4.42 Å². The van der Waals surface area contributed by atoms with Gasteiger partial charge in [0.1, 0.15) is 11.3 Å². The highest BCUT2D eigenvalue weighted by molar-refractivity contribution is 5.95. The van der Waals surface area contributed by atoms with Crippen LogP contribution in [0.25, 0.3) is 66.8 Å². The zero-order chi connectivity index (χ0) is 36.9. The molecule has 2 heteroatoms. The van der Waals surface area contributed by atoms with E-state index in [9.17, 15) is 0 Å². The van der Waals surface area contributed by atoms with Crippen molar-refractivity contribution in [1.29, 1.82) is 0 Å². The number of anilines is 3. The third kappa shape index (κ3) is 5.75. The minimum absolute atomic E-state index is 0.119. The van der Waals surface area contributed by atoms with Crippen LogP contribution in [0.4, 0.5) is 17.1 Å². The van der Waals surface area contributed by atoms with E-state index in [-0.39, 0.29) is 5.41 Å². The predicted molar refractivity (Wildman–Crippen MR) is 230 cm³/mol. The average molecular weight is 706 g/mol. The molecule has 0 radical (unpaired) electrons. The Labute approximate surface area is 322 Å². The molecule has 2 nitrogen and oxygen atoms in total. The Morgan fingerprint density at radius 3 is 1.44 bits per heavy atom. The van der Waals surface area contributed by atoms with Crippen LogP contribution in [0.2, 0.25) is 0 Å². The summed E-state index contributed by atoms with van der Waals surface area (Å²) in [6.45, 7) is 4.62. The molecule has 1 heterocycles. The van der Waals surface area contributed by atoms with Crippen LogP contribution in [0, 0.1) is 0 Å². The van der Waals surface area contributed by atoms with Gasteiger partial charge in [-0.05, 0) is 98.6 Å². The Bertz CT molecular complexity index is 2710. The van der Waals surface area contributed by atoms with Crippen LogP contribution in [0.3, 0.4) is 0 Å². The van der Waals surface area contributed by atoms with E-state index >= 15 is 0 Å². The molecule has 1 aromatic heterocycles. The fraction of sp³-hybridized carbons (Fsp3) is 0.0566. The Morgan fingerprint density at radius 2 is 0.836 bits per heavy atom. The lowest BCUT2D eigenvalue weighted by Gasteiger charge is -2.26. The summed E-state index contributed by atoms with van der Waals surface area (Å²) in [5, 5.41) is 1.21. The van der Waals surface area contributed by atoms with Crippen molar-refractivity contribution in [2.75, 3.05) is 4.90 Å². The van der Waals surface area contributed by atoms with Crippen LogP contribution in [0.15, 0.2) is 205 Å². The summed E-state index contributed by atoms with van der Waals surface area (Å²) in [6, 6.07) is 72.0. The SMILES string of the molecule is CC1(C)c2ccc(-c3ccc(-c4cccc(N(c5ccc(-c6ccccc6)cc5)c5ccc(-c6ccccc6)cc5)c4)cc3)cc2-c2oc3ccccc3c21. The molecule has 0 aliphatic heterocycles. The topological polar surface area (TPSA) is 16.4 Å². The number of rotatable bonds is 7. The van der Waals surface area contributed by atoms with Crippen LogP contribution in [0.5, 0.6) is 0 Å². The highest BCUT2D eigenvalue weighted by Gasteiger charge is 2.40. The molecule has 0 amide bonds. The first-order valence-corrected chi connectivity index (χ1v) is 19.0. The van der Waals surface area contributed by atoms with Gasteiger partial charge >= 0.3 is 0 Å². The molecule has 0 unspecified atom stereocenters. The summed E-state index contributed by atoms with van der Waals surface area (Å²) < 4.78 is 6.48. The first-order valence-electron chi connectivity index (χ1n) is 19.0. The van der Waals surface area contributed by atoms with Crippen LogP contribution in [0.1, 0.15) is 25.0 Å². The van der Waals surface area contributed by atoms with Crippen molar-refractivity contribution in [3.8, 4) is 55.8 Å². The first-order chi connectivity index (χ1) is 27.0. The van der Waals surface area contributed by atoms with E-state index in [0.717, 1.165) is 28.4 Å². The van der Waals surface area contributed by atoms with Gasteiger partial charge in [0.2, 0.25) is 0 Å². The van der Waals surface area contributed by atoms with E-state index in [1.165, 1.54) is 66.6 Å². The van der Waals surface area contributed by atoms with E-state index in [1.807, 2.05) is 6.07 Å². The van der Waals surface area contributed by atoms with Gasteiger partial charge in [0.15, 0.2) is 0 Å². The van der Waals surface area contributed by atoms with Crippen molar-refractivity contribution in [3.05, 3.63) is 211 Å². The lowest BCUT2D eigenvalue weighted by atomic mass is 9.81. The van der Waals surface area contributed by atoms with Gasteiger partial charge in [0, 0.05) is 39.0 Å². The third-order valence-electron chi connectivity index (χ3n) is 11.3. The van der Waals surface area contributed by atoms with Crippen LogP contribution in [-0.4, -0.2) is 0 Å². The number of fused-ring (bicyclic) bond motifs is 5. The summed E-state index contributed by atoms with van der Waals surface area (Å²) >= 11 is 0. The van der Waals surface area contributed by atoms with Crippen molar-refractivity contribution in [3.63, 3.8) is 0 Å². The Morgan fingerprint density at radius 1 is 0.382 bits per heavy atom. The van der Waals surface area contributed by atoms with Gasteiger partial charge in [-0.25, -0.2) is 0 Å². The van der Waals surface area contributed by atoms with Gasteiger partial charge in [-0.3, -0.25) is 0 Å². The molecule has 0 fully saturated rings. The Balaban J connectivity index is 0.989. The second-order valence-corrected chi connectivity index (χ2v) is 15.0. The number of furan rings is 1. The Hall–Kier alpha value is -6.90. The van der Waals surface area contributed by atoms with Crippen molar-refractivity contribution in [1.82, 2.24) is 0 Å². The summed E-state index contributed by atoms with van der Waals surface area (Å²) in [5.74, 6) is 1.01. The van der Waals surface area contributed by atoms with Crippen LogP contribution < -0.4 is 4.90 Å². The van der Waals surface area contributed by atoms with E-state index in [2.05, 4.69) is 213 Å². The maximum atomic E-state index is 6.48. The smallest absolute Gasteiger partial charge is 0.139 e. The number of para-hydroxylation sites is 1. The van der Waals surface area contributed by atoms with Gasteiger partial charge in [0.25, 0.3) is 0 Å². The zero-order valence-corrected chi connectivity index (χ0v) is 30.9. The van der Waals surface area contributed by atoms with E-state index in [0.29, 0.717) is 0 Å². The largest absolute Gasteiger partial charge is 0.456 e. The second-order valence-electron chi connectivity index (χ2n) is 15.0.